The molecule has 4 aromatic rings. The molecule has 2 aliphatic heterocycles. The fraction of sp³-hybridized carbons (Fsp3) is 0.161. The average Bonchev–Trinajstić information content (AvgIpc) is 3.06. The molecule has 0 spiro atoms. The van der Waals surface area contributed by atoms with Crippen molar-refractivity contribution in [2.45, 2.75) is 16.3 Å². The van der Waals surface area contributed by atoms with Crippen LogP contribution < -0.4 is 9.80 Å². The van der Waals surface area contributed by atoms with E-state index >= 15 is 0 Å². The molecule has 6 rings (SSSR count). The molecule has 0 bridgehead atoms. The minimum absolute atomic E-state index is 0.00906. The maximum Gasteiger partial charge on any atom is 0.259 e. The zero-order valence-electron chi connectivity index (χ0n) is 21.5. The highest BCUT2D eigenvalue weighted by molar-refractivity contribution is 7.91. The first kappa shape index (κ1) is 26.1. The fourth-order valence-corrected chi connectivity index (χ4v) is 7.02. The molecule has 1 saturated heterocycles. The molecule has 0 atom stereocenters. The summed E-state index contributed by atoms with van der Waals surface area (Å²) < 4.78 is 27.5. The van der Waals surface area contributed by atoms with E-state index in [0.717, 1.165) is 11.3 Å². The third-order valence-electron chi connectivity index (χ3n) is 7.38. The molecule has 0 radical (unpaired) electrons. The minimum Gasteiger partial charge on any atom is -0.368 e. The summed E-state index contributed by atoms with van der Waals surface area (Å²) in [5.74, 6) is -0.650. The highest BCUT2D eigenvalue weighted by Crippen LogP contribution is 2.38. The van der Waals surface area contributed by atoms with Gasteiger partial charge in [0.1, 0.15) is 0 Å². The van der Waals surface area contributed by atoms with E-state index in [4.69, 9.17) is 11.6 Å². The Balaban J connectivity index is 1.36. The van der Waals surface area contributed by atoms with Crippen molar-refractivity contribution in [3.8, 4) is 0 Å². The molecule has 0 saturated carbocycles. The second kappa shape index (κ2) is 10.4. The van der Waals surface area contributed by atoms with Crippen LogP contribution in [0.15, 0.2) is 107 Å². The van der Waals surface area contributed by atoms with Crippen LogP contribution in [0.25, 0.3) is 0 Å². The molecule has 0 N–H and O–H groups in total. The molecular weight excluding hydrogens is 546 g/mol. The predicted molar refractivity (Wildman–Crippen MR) is 155 cm³/mol. The van der Waals surface area contributed by atoms with Gasteiger partial charge in [0.15, 0.2) is 0 Å². The van der Waals surface area contributed by atoms with E-state index in [1.54, 1.807) is 53.4 Å². The van der Waals surface area contributed by atoms with Crippen molar-refractivity contribution in [3.05, 3.63) is 119 Å². The van der Waals surface area contributed by atoms with Gasteiger partial charge in [-0.05, 0) is 60.2 Å². The maximum absolute atomic E-state index is 13.8. The van der Waals surface area contributed by atoms with Crippen LogP contribution in [0.4, 0.5) is 11.4 Å². The van der Waals surface area contributed by atoms with Gasteiger partial charge in [0.25, 0.3) is 11.8 Å². The Hall–Kier alpha value is -4.14. The summed E-state index contributed by atoms with van der Waals surface area (Å²) in [4.78, 5) is 32.9. The van der Waals surface area contributed by atoms with Crippen molar-refractivity contribution in [1.82, 2.24) is 4.90 Å². The van der Waals surface area contributed by atoms with E-state index in [1.807, 2.05) is 18.2 Å². The third-order valence-corrected chi connectivity index (χ3v) is 9.49. The summed E-state index contributed by atoms with van der Waals surface area (Å²) in [7, 11) is -4.02. The van der Waals surface area contributed by atoms with Gasteiger partial charge in [-0.1, -0.05) is 54.1 Å². The predicted octanol–water partition coefficient (Wildman–Crippen LogP) is 5.30. The maximum atomic E-state index is 13.8. The SMILES string of the molecule is O=C(c1ccc2c(c1)N(Cc1ccc(Cl)cc1)C(=O)c1ccccc1S2(=O)=O)N1CCN(c2ccccc2)CC1. The van der Waals surface area contributed by atoms with Crippen LogP contribution in [0, 0.1) is 0 Å². The van der Waals surface area contributed by atoms with E-state index < -0.39 is 15.7 Å². The summed E-state index contributed by atoms with van der Waals surface area (Å²) in [5.41, 5.74) is 2.50. The smallest absolute Gasteiger partial charge is 0.259 e. The number of piperazine rings is 1. The number of hydrogen-bond acceptors (Lipinski definition) is 5. The number of carbonyl (C=O) groups excluding carboxylic acids is 2. The van der Waals surface area contributed by atoms with Gasteiger partial charge in [-0.15, -0.1) is 0 Å². The topological polar surface area (TPSA) is 78.0 Å². The number of hydrogen-bond donors (Lipinski definition) is 0. The quantitative estimate of drug-likeness (QED) is 0.332. The number of carbonyl (C=O) groups is 2. The van der Waals surface area contributed by atoms with Gasteiger partial charge < -0.3 is 14.7 Å². The largest absolute Gasteiger partial charge is 0.368 e. The highest BCUT2D eigenvalue weighted by atomic mass is 35.5. The third kappa shape index (κ3) is 4.74. The Bertz CT molecular complexity index is 1700. The van der Waals surface area contributed by atoms with Gasteiger partial charge in [0, 0.05) is 42.5 Å². The molecule has 2 amide bonds. The summed E-state index contributed by atoms with van der Waals surface area (Å²) in [5, 5.41) is 0.555. The molecule has 7 nitrogen and oxygen atoms in total. The molecule has 1 fully saturated rings. The second-order valence-corrected chi connectivity index (χ2v) is 12.1. The standard InChI is InChI=1S/C31H26ClN3O4S/c32-24-13-10-22(11-14-24)21-35-27-20-23(30(36)34-18-16-33(17-19-34)25-6-2-1-3-7-25)12-15-29(27)40(38,39)28-9-5-4-8-26(28)31(35)37/h1-15,20H,16-19,21H2. The monoisotopic (exact) mass is 571 g/mol. The lowest BCUT2D eigenvalue weighted by molar-refractivity contribution is 0.0746. The number of nitrogens with zero attached hydrogens (tertiary/aromatic N) is 3. The van der Waals surface area contributed by atoms with Crippen LogP contribution in [0.5, 0.6) is 0 Å². The van der Waals surface area contributed by atoms with Crippen molar-refractivity contribution in [1.29, 1.82) is 0 Å². The van der Waals surface area contributed by atoms with Crippen LogP contribution in [0.3, 0.4) is 0 Å². The van der Waals surface area contributed by atoms with E-state index in [9.17, 15) is 18.0 Å². The van der Waals surface area contributed by atoms with E-state index in [1.165, 1.54) is 23.1 Å². The number of rotatable bonds is 4. The number of halogens is 1. The Morgan fingerprint density at radius 2 is 1.45 bits per heavy atom. The van der Waals surface area contributed by atoms with Crippen LogP contribution in [0.2, 0.25) is 5.02 Å². The van der Waals surface area contributed by atoms with E-state index in [-0.39, 0.29) is 33.5 Å². The molecule has 4 aromatic carbocycles. The Kier molecular flexibility index (Phi) is 6.82. The van der Waals surface area contributed by atoms with Gasteiger partial charge in [-0.25, -0.2) is 8.42 Å². The zero-order valence-corrected chi connectivity index (χ0v) is 23.1. The van der Waals surface area contributed by atoms with Crippen LogP contribution >= 0.6 is 11.6 Å². The van der Waals surface area contributed by atoms with Gasteiger partial charge in [0.2, 0.25) is 9.84 Å². The number of fused-ring (bicyclic) bond motifs is 2. The van der Waals surface area contributed by atoms with E-state index in [0.29, 0.717) is 36.8 Å². The summed E-state index contributed by atoms with van der Waals surface area (Å²) >= 11 is 6.06. The molecule has 9 heteroatoms. The molecule has 2 aliphatic rings. The number of anilines is 2. The van der Waals surface area contributed by atoms with Gasteiger partial charge in [-0.2, -0.15) is 0 Å². The van der Waals surface area contributed by atoms with Crippen molar-refractivity contribution in [2.24, 2.45) is 0 Å². The number of benzene rings is 4. The Morgan fingerprint density at radius 3 is 2.17 bits per heavy atom. The first-order chi connectivity index (χ1) is 19.3. The van der Waals surface area contributed by atoms with E-state index in [2.05, 4.69) is 17.0 Å². The highest BCUT2D eigenvalue weighted by Gasteiger charge is 2.36. The van der Waals surface area contributed by atoms with Gasteiger partial charge in [0.05, 0.1) is 27.6 Å². The number of amides is 2. The molecule has 202 valence electrons. The summed E-state index contributed by atoms with van der Waals surface area (Å²) in [6.45, 7) is 2.54. The van der Waals surface area contributed by atoms with Crippen LogP contribution in [0.1, 0.15) is 26.3 Å². The lowest BCUT2D eigenvalue weighted by Crippen LogP contribution is -2.48. The lowest BCUT2D eigenvalue weighted by atomic mass is 10.1. The molecule has 0 aliphatic carbocycles. The molecule has 2 heterocycles. The van der Waals surface area contributed by atoms with Gasteiger partial charge in [-0.3, -0.25) is 9.59 Å². The minimum atomic E-state index is -4.02. The van der Waals surface area contributed by atoms with Crippen molar-refractivity contribution in [2.75, 3.05) is 36.0 Å². The summed E-state index contributed by atoms with van der Waals surface area (Å²) in [6.07, 6.45) is 0. The molecular formula is C31H26ClN3O4S. The van der Waals surface area contributed by atoms with Crippen LogP contribution in [-0.4, -0.2) is 51.3 Å². The number of para-hydroxylation sites is 1. The molecule has 0 unspecified atom stereocenters. The fourth-order valence-electron chi connectivity index (χ4n) is 5.26. The van der Waals surface area contributed by atoms with Crippen LogP contribution in [-0.2, 0) is 16.4 Å². The molecule has 0 aromatic heterocycles. The first-order valence-electron chi connectivity index (χ1n) is 13.0. The normalized spacial score (nSPS) is 16.2. The first-order valence-corrected chi connectivity index (χ1v) is 14.8. The van der Waals surface area contributed by atoms with Crippen molar-refractivity contribution < 1.29 is 18.0 Å². The summed E-state index contributed by atoms with van der Waals surface area (Å²) in [6, 6.07) is 27.8. The molecule has 40 heavy (non-hydrogen) atoms. The average molecular weight is 572 g/mol. The second-order valence-electron chi connectivity index (χ2n) is 9.81. The van der Waals surface area contributed by atoms with Crippen molar-refractivity contribution in [3.63, 3.8) is 0 Å². The lowest BCUT2D eigenvalue weighted by Gasteiger charge is -2.36. The van der Waals surface area contributed by atoms with Crippen molar-refractivity contribution >= 4 is 44.6 Å². The zero-order chi connectivity index (χ0) is 27.9. The Morgan fingerprint density at radius 1 is 0.775 bits per heavy atom. The van der Waals surface area contributed by atoms with Gasteiger partial charge >= 0.3 is 0 Å². The number of sulfone groups is 1. The Labute approximate surface area is 238 Å².